The van der Waals surface area contributed by atoms with E-state index in [0.717, 1.165) is 0 Å². The highest BCUT2D eigenvalue weighted by atomic mass is 35.5. The Hall–Kier alpha value is 0.0500. The van der Waals surface area contributed by atoms with Gasteiger partial charge >= 0.3 is 5.97 Å². The second-order valence-electron chi connectivity index (χ2n) is 0.797. The van der Waals surface area contributed by atoms with Crippen LogP contribution < -0.4 is 0 Å². The zero-order chi connectivity index (χ0) is 6.99. The number of esters is 1. The number of methoxy groups -OCH3 is 1. The lowest BCUT2D eigenvalue weighted by molar-refractivity contribution is -0.137. The van der Waals surface area contributed by atoms with Gasteiger partial charge in [0.25, 0.3) is 0 Å². The molecule has 8 heavy (non-hydrogen) atoms. The van der Waals surface area contributed by atoms with E-state index >= 15 is 0 Å². The standard InChI is InChI=1S/C3H6O2.CH2Cl2/c1-3(4)5-2;2-1-3/h1-2H3;1H2. The largest absolute Gasteiger partial charge is 0.469 e. The van der Waals surface area contributed by atoms with Crippen molar-refractivity contribution in [2.24, 2.45) is 0 Å². The predicted molar refractivity (Wildman–Crippen MR) is 34.3 cm³/mol. The molecule has 0 aliphatic rings. The van der Waals surface area contributed by atoms with Crippen LogP contribution in [0.3, 0.4) is 0 Å². The van der Waals surface area contributed by atoms with Gasteiger partial charge < -0.3 is 4.74 Å². The zero-order valence-electron chi connectivity index (χ0n) is 4.78. The maximum atomic E-state index is 9.59. The van der Waals surface area contributed by atoms with Crippen molar-refractivity contribution in [1.29, 1.82) is 0 Å². The molecular formula is C4H8Cl2O2. The molecule has 50 valence electrons. The van der Waals surface area contributed by atoms with Gasteiger partial charge in [-0.2, -0.15) is 0 Å². The summed E-state index contributed by atoms with van der Waals surface area (Å²) in [5, 5.41) is 0.194. The minimum absolute atomic E-state index is 0.194. The van der Waals surface area contributed by atoms with E-state index in [0.29, 0.717) is 0 Å². The molecule has 4 heteroatoms. The Morgan fingerprint density at radius 3 is 1.75 bits per heavy atom. The quantitative estimate of drug-likeness (QED) is 0.396. The van der Waals surface area contributed by atoms with E-state index in [2.05, 4.69) is 4.74 Å². The summed E-state index contributed by atoms with van der Waals surface area (Å²) in [5.41, 5.74) is 0. The van der Waals surface area contributed by atoms with Crippen molar-refractivity contribution in [3.05, 3.63) is 0 Å². The van der Waals surface area contributed by atoms with Gasteiger partial charge in [0.15, 0.2) is 0 Å². The number of rotatable bonds is 0. The van der Waals surface area contributed by atoms with Gasteiger partial charge in [-0.05, 0) is 0 Å². The van der Waals surface area contributed by atoms with E-state index in [1.807, 2.05) is 0 Å². The van der Waals surface area contributed by atoms with Crippen molar-refractivity contribution in [2.75, 3.05) is 12.4 Å². The summed E-state index contributed by atoms with van der Waals surface area (Å²) in [6, 6.07) is 0. The second-order valence-corrected chi connectivity index (χ2v) is 1.60. The van der Waals surface area contributed by atoms with Gasteiger partial charge in [0.2, 0.25) is 0 Å². The highest BCUT2D eigenvalue weighted by molar-refractivity contribution is 6.40. The molecule has 0 radical (unpaired) electrons. The van der Waals surface area contributed by atoms with Crippen LogP contribution in [0.2, 0.25) is 0 Å². The number of hydrogen-bond donors (Lipinski definition) is 0. The van der Waals surface area contributed by atoms with Gasteiger partial charge in [-0.15, -0.1) is 23.2 Å². The maximum absolute atomic E-state index is 9.59. The Bertz CT molecular complexity index is 56.0. The van der Waals surface area contributed by atoms with Crippen molar-refractivity contribution in [3.63, 3.8) is 0 Å². The smallest absolute Gasteiger partial charge is 0.302 e. The van der Waals surface area contributed by atoms with E-state index in [9.17, 15) is 4.79 Å². The first-order valence-corrected chi connectivity index (χ1v) is 2.92. The minimum atomic E-state index is -0.245. The molecule has 0 rings (SSSR count). The van der Waals surface area contributed by atoms with Crippen molar-refractivity contribution >= 4 is 29.2 Å². The molecule has 0 saturated carbocycles. The van der Waals surface area contributed by atoms with Gasteiger partial charge in [0.1, 0.15) is 0 Å². The molecule has 0 aromatic carbocycles. The molecule has 0 amide bonds. The van der Waals surface area contributed by atoms with E-state index in [-0.39, 0.29) is 11.3 Å². The first-order chi connectivity index (χ1) is 3.68. The normalized spacial score (nSPS) is 6.50. The van der Waals surface area contributed by atoms with Crippen LogP contribution in [0, 0.1) is 0 Å². The van der Waals surface area contributed by atoms with E-state index in [4.69, 9.17) is 23.2 Å². The highest BCUT2D eigenvalue weighted by Gasteiger charge is 1.75. The molecule has 0 bridgehead atoms. The van der Waals surface area contributed by atoms with E-state index in [1.54, 1.807) is 0 Å². The summed E-state index contributed by atoms with van der Waals surface area (Å²) in [5.74, 6) is -0.245. The zero-order valence-corrected chi connectivity index (χ0v) is 6.29. The monoisotopic (exact) mass is 158 g/mol. The number of halogens is 2. The first kappa shape index (κ1) is 10.9. The molecule has 0 saturated heterocycles. The Morgan fingerprint density at radius 1 is 1.62 bits per heavy atom. The van der Waals surface area contributed by atoms with Crippen LogP contribution in [0.15, 0.2) is 0 Å². The third kappa shape index (κ3) is 36.7. The number of hydrogen-bond acceptors (Lipinski definition) is 2. The third-order valence-corrected chi connectivity index (χ3v) is 0.287. The Morgan fingerprint density at radius 2 is 1.75 bits per heavy atom. The molecule has 0 aliphatic carbocycles. The van der Waals surface area contributed by atoms with Crippen LogP contribution in [-0.4, -0.2) is 18.4 Å². The lowest BCUT2D eigenvalue weighted by atomic mass is 10.8. The Balaban J connectivity index is 0. The molecule has 0 unspecified atom stereocenters. The fourth-order valence-electron chi connectivity index (χ4n) is 0. The molecule has 0 aromatic heterocycles. The van der Waals surface area contributed by atoms with E-state index in [1.165, 1.54) is 14.0 Å². The SMILES string of the molecule is COC(C)=O.ClCCl. The minimum Gasteiger partial charge on any atom is -0.469 e. The summed E-state index contributed by atoms with van der Waals surface area (Å²) in [7, 11) is 1.35. The third-order valence-electron chi connectivity index (χ3n) is 0.287. The van der Waals surface area contributed by atoms with Crippen LogP contribution in [0.1, 0.15) is 6.92 Å². The van der Waals surface area contributed by atoms with Gasteiger partial charge in [-0.25, -0.2) is 0 Å². The summed E-state index contributed by atoms with van der Waals surface area (Å²) in [6.07, 6.45) is 0. The summed E-state index contributed by atoms with van der Waals surface area (Å²) >= 11 is 9.53. The summed E-state index contributed by atoms with van der Waals surface area (Å²) in [4.78, 5) is 9.59. The first-order valence-electron chi connectivity index (χ1n) is 1.85. The van der Waals surface area contributed by atoms with Crippen molar-refractivity contribution in [2.45, 2.75) is 6.92 Å². The fraction of sp³-hybridized carbons (Fsp3) is 0.750. The molecule has 0 atom stereocenters. The maximum Gasteiger partial charge on any atom is 0.302 e. The van der Waals surface area contributed by atoms with Crippen LogP contribution in [0.5, 0.6) is 0 Å². The van der Waals surface area contributed by atoms with Gasteiger partial charge in [0.05, 0.1) is 12.4 Å². The summed E-state index contributed by atoms with van der Waals surface area (Å²) in [6.45, 7) is 1.36. The average Bonchev–Trinajstić information content (AvgIpc) is 1.69. The van der Waals surface area contributed by atoms with Crippen LogP contribution in [0.4, 0.5) is 0 Å². The topological polar surface area (TPSA) is 26.3 Å². The van der Waals surface area contributed by atoms with Crippen LogP contribution in [0.25, 0.3) is 0 Å². The molecule has 0 fully saturated rings. The fourth-order valence-corrected chi connectivity index (χ4v) is 0. The second kappa shape index (κ2) is 10.1. The highest BCUT2D eigenvalue weighted by Crippen LogP contribution is 1.73. The lowest BCUT2D eigenvalue weighted by Gasteiger charge is -1.80. The Labute approximate surface area is 58.7 Å². The number of carbonyl (C=O) groups is 1. The van der Waals surface area contributed by atoms with Gasteiger partial charge in [-0.1, -0.05) is 0 Å². The molecule has 0 N–H and O–H groups in total. The van der Waals surface area contributed by atoms with Crippen molar-refractivity contribution < 1.29 is 9.53 Å². The average molecular weight is 159 g/mol. The molecule has 2 nitrogen and oxygen atoms in total. The lowest BCUT2D eigenvalue weighted by Crippen LogP contribution is -1.88. The van der Waals surface area contributed by atoms with Gasteiger partial charge in [0, 0.05) is 6.92 Å². The molecule has 0 heterocycles. The van der Waals surface area contributed by atoms with Gasteiger partial charge in [-0.3, -0.25) is 4.79 Å². The van der Waals surface area contributed by atoms with Crippen LogP contribution in [-0.2, 0) is 9.53 Å². The molecule has 0 spiro atoms. The molecule has 0 aromatic rings. The van der Waals surface area contributed by atoms with Crippen LogP contribution >= 0.6 is 23.2 Å². The van der Waals surface area contributed by atoms with Crippen molar-refractivity contribution in [1.82, 2.24) is 0 Å². The number of ether oxygens (including phenoxy) is 1. The molecule has 0 aliphatic heterocycles. The number of carbonyl (C=O) groups excluding carboxylic acids is 1. The number of alkyl halides is 2. The Kier molecular flexibility index (Phi) is 13.8. The summed E-state index contributed by atoms with van der Waals surface area (Å²) < 4.78 is 4.11. The van der Waals surface area contributed by atoms with E-state index < -0.39 is 0 Å². The molecular weight excluding hydrogens is 151 g/mol. The van der Waals surface area contributed by atoms with Crippen molar-refractivity contribution in [3.8, 4) is 0 Å². The predicted octanol–water partition coefficient (Wildman–Crippen LogP) is 1.60.